The molecule has 0 aromatic carbocycles. The van der Waals surface area contributed by atoms with Gasteiger partial charge in [0.1, 0.15) is 5.82 Å². The predicted octanol–water partition coefficient (Wildman–Crippen LogP) is 1.52. The molecular formula is C11H15N3O2S2. The summed E-state index contributed by atoms with van der Waals surface area (Å²) in [5, 5.41) is 8.89. The highest BCUT2D eigenvalue weighted by atomic mass is 32.2. The number of aromatic nitrogens is 3. The van der Waals surface area contributed by atoms with Crippen molar-refractivity contribution in [1.82, 2.24) is 14.5 Å². The minimum absolute atomic E-state index is 0.0769. The maximum absolute atomic E-state index is 12.3. The molecule has 0 fully saturated rings. The number of fused-ring (bicyclic) bond motifs is 1. The second-order valence-corrected chi connectivity index (χ2v) is 5.77. The first-order valence-corrected chi connectivity index (χ1v) is 7.80. The normalized spacial score (nSPS) is 11.3. The van der Waals surface area contributed by atoms with Crippen molar-refractivity contribution in [3.05, 3.63) is 16.2 Å². The molecule has 0 amide bonds. The van der Waals surface area contributed by atoms with E-state index in [1.807, 2.05) is 13.2 Å². The molecule has 0 unspecified atom stereocenters. The Balaban J connectivity index is 2.59. The highest BCUT2D eigenvalue weighted by Gasteiger charge is 2.14. The summed E-state index contributed by atoms with van der Waals surface area (Å²) in [5.74, 6) is 0.736. The Hall–Kier alpha value is -0.920. The van der Waals surface area contributed by atoms with Crippen LogP contribution in [-0.4, -0.2) is 32.5 Å². The summed E-state index contributed by atoms with van der Waals surface area (Å²) in [5.41, 5.74) is 0.380. The van der Waals surface area contributed by atoms with Crippen LogP contribution in [0.15, 0.2) is 9.13 Å². The second kappa shape index (κ2) is 5.81. The van der Waals surface area contributed by atoms with E-state index >= 15 is 0 Å². The van der Waals surface area contributed by atoms with Gasteiger partial charge in [-0.3, -0.25) is 9.36 Å². The minimum atomic E-state index is -0.0769. The summed E-state index contributed by atoms with van der Waals surface area (Å²) in [6, 6.07) is 0. The molecule has 1 N–H and O–H groups in total. The van der Waals surface area contributed by atoms with E-state index in [2.05, 4.69) is 9.97 Å². The van der Waals surface area contributed by atoms with Crippen LogP contribution >= 0.6 is 23.1 Å². The van der Waals surface area contributed by atoms with Gasteiger partial charge < -0.3 is 5.11 Å². The molecule has 0 radical (unpaired) electrons. The zero-order chi connectivity index (χ0) is 13.1. The lowest BCUT2D eigenvalue weighted by Gasteiger charge is -2.08. The van der Waals surface area contributed by atoms with Crippen LogP contribution in [0, 0.1) is 0 Å². The fraction of sp³-hybridized carbons (Fsp3) is 0.545. The first kappa shape index (κ1) is 13.5. The lowest BCUT2D eigenvalue weighted by Crippen LogP contribution is -2.24. The number of rotatable bonds is 5. The predicted molar refractivity (Wildman–Crippen MR) is 74.5 cm³/mol. The van der Waals surface area contributed by atoms with Crippen molar-refractivity contribution >= 4 is 33.4 Å². The highest BCUT2D eigenvalue weighted by Crippen LogP contribution is 2.25. The Kier molecular flexibility index (Phi) is 4.36. The van der Waals surface area contributed by atoms with Gasteiger partial charge in [-0.15, -0.1) is 0 Å². The molecule has 2 rings (SSSR count). The Bertz CT molecular complexity index is 606. The molecule has 0 saturated heterocycles. The van der Waals surface area contributed by atoms with Crippen molar-refractivity contribution < 1.29 is 5.11 Å². The number of hydrogen-bond acceptors (Lipinski definition) is 6. The van der Waals surface area contributed by atoms with Crippen LogP contribution in [0.3, 0.4) is 0 Å². The molecule has 18 heavy (non-hydrogen) atoms. The van der Waals surface area contributed by atoms with Gasteiger partial charge in [0.2, 0.25) is 0 Å². The largest absolute Gasteiger partial charge is 0.396 e. The second-order valence-electron chi connectivity index (χ2n) is 3.74. The van der Waals surface area contributed by atoms with E-state index in [0.29, 0.717) is 29.7 Å². The topological polar surface area (TPSA) is 68.0 Å². The Morgan fingerprint density at radius 3 is 2.83 bits per heavy atom. The van der Waals surface area contributed by atoms with Crippen molar-refractivity contribution in [2.24, 2.45) is 0 Å². The van der Waals surface area contributed by atoms with E-state index in [-0.39, 0.29) is 12.2 Å². The lowest BCUT2D eigenvalue weighted by molar-refractivity contribution is 0.286. The highest BCUT2D eigenvalue weighted by molar-refractivity contribution is 8.00. The molecule has 0 bridgehead atoms. The van der Waals surface area contributed by atoms with Crippen LogP contribution in [-0.2, 0) is 13.0 Å². The summed E-state index contributed by atoms with van der Waals surface area (Å²) in [4.78, 5) is 21.8. The standard InChI is InChI=1S/C11H15N3O2S2/c1-3-14-7(5-4-6-15)12-9-8(10(14)16)13-11(17-2)18-9/h15H,3-6H2,1-2H3. The van der Waals surface area contributed by atoms with Crippen molar-refractivity contribution in [3.63, 3.8) is 0 Å². The lowest BCUT2D eigenvalue weighted by atomic mass is 10.3. The van der Waals surface area contributed by atoms with Crippen molar-refractivity contribution in [3.8, 4) is 0 Å². The van der Waals surface area contributed by atoms with Crippen LogP contribution < -0.4 is 5.56 Å². The molecule has 0 aliphatic carbocycles. The zero-order valence-electron chi connectivity index (χ0n) is 10.3. The molecule has 0 atom stereocenters. The number of nitrogens with zero attached hydrogens (tertiary/aromatic N) is 3. The Morgan fingerprint density at radius 2 is 2.22 bits per heavy atom. The van der Waals surface area contributed by atoms with Gasteiger partial charge in [0.15, 0.2) is 14.7 Å². The van der Waals surface area contributed by atoms with Crippen molar-refractivity contribution in [2.75, 3.05) is 12.9 Å². The molecule has 0 aliphatic heterocycles. The number of thiazole rings is 1. The Labute approximate surface area is 113 Å². The Morgan fingerprint density at radius 1 is 1.44 bits per heavy atom. The molecule has 7 heteroatoms. The van der Waals surface area contributed by atoms with E-state index in [1.165, 1.54) is 23.1 Å². The van der Waals surface area contributed by atoms with Gasteiger partial charge in [-0.1, -0.05) is 23.1 Å². The number of thioether (sulfide) groups is 1. The third-order valence-electron chi connectivity index (χ3n) is 2.63. The number of hydrogen-bond donors (Lipinski definition) is 1. The third-order valence-corrected chi connectivity index (χ3v) is 4.56. The van der Waals surface area contributed by atoms with Gasteiger partial charge in [-0.05, 0) is 19.6 Å². The minimum Gasteiger partial charge on any atom is -0.396 e. The van der Waals surface area contributed by atoms with Crippen LogP contribution in [0.1, 0.15) is 19.2 Å². The van der Waals surface area contributed by atoms with Crippen LogP contribution in [0.25, 0.3) is 10.3 Å². The molecule has 0 aliphatic rings. The maximum atomic E-state index is 12.3. The smallest absolute Gasteiger partial charge is 0.280 e. The summed E-state index contributed by atoms with van der Waals surface area (Å²) in [6.07, 6.45) is 3.16. The first-order valence-electron chi connectivity index (χ1n) is 5.76. The molecule has 0 saturated carbocycles. The van der Waals surface area contributed by atoms with Crippen LogP contribution in [0.4, 0.5) is 0 Å². The average Bonchev–Trinajstić information content (AvgIpc) is 2.80. The van der Waals surface area contributed by atoms with E-state index in [4.69, 9.17) is 5.11 Å². The van der Waals surface area contributed by atoms with Crippen molar-refractivity contribution in [2.45, 2.75) is 30.6 Å². The molecule has 0 spiro atoms. The third kappa shape index (κ3) is 2.43. The van der Waals surface area contributed by atoms with Gasteiger partial charge in [0.25, 0.3) is 5.56 Å². The maximum Gasteiger partial charge on any atom is 0.280 e. The summed E-state index contributed by atoms with van der Waals surface area (Å²) >= 11 is 2.96. The fourth-order valence-electron chi connectivity index (χ4n) is 1.77. The van der Waals surface area contributed by atoms with Gasteiger partial charge in [-0.25, -0.2) is 9.97 Å². The summed E-state index contributed by atoms with van der Waals surface area (Å²) < 4.78 is 2.50. The molecule has 2 aromatic heterocycles. The number of aliphatic hydroxyl groups excluding tert-OH is 1. The molecule has 5 nitrogen and oxygen atoms in total. The summed E-state index contributed by atoms with van der Waals surface area (Å²) in [7, 11) is 0. The SMILES string of the molecule is CCn1c(CCCO)nc2sc(SC)nc2c1=O. The molecular weight excluding hydrogens is 270 g/mol. The van der Waals surface area contributed by atoms with E-state index < -0.39 is 0 Å². The van der Waals surface area contributed by atoms with E-state index in [1.54, 1.807) is 4.57 Å². The number of aliphatic hydroxyl groups is 1. The van der Waals surface area contributed by atoms with Gasteiger partial charge in [0.05, 0.1) is 0 Å². The van der Waals surface area contributed by atoms with Gasteiger partial charge >= 0.3 is 0 Å². The van der Waals surface area contributed by atoms with Crippen molar-refractivity contribution in [1.29, 1.82) is 0 Å². The van der Waals surface area contributed by atoms with Gasteiger partial charge in [-0.2, -0.15) is 0 Å². The zero-order valence-corrected chi connectivity index (χ0v) is 12.0. The monoisotopic (exact) mass is 285 g/mol. The summed E-state index contributed by atoms with van der Waals surface area (Å²) in [6.45, 7) is 2.60. The fourth-order valence-corrected chi connectivity index (χ4v) is 3.21. The molecule has 2 aromatic rings. The van der Waals surface area contributed by atoms with Gasteiger partial charge in [0, 0.05) is 19.6 Å². The average molecular weight is 285 g/mol. The molecule has 98 valence electrons. The molecule has 2 heterocycles. The van der Waals surface area contributed by atoms with Crippen LogP contribution in [0.2, 0.25) is 0 Å². The van der Waals surface area contributed by atoms with Crippen LogP contribution in [0.5, 0.6) is 0 Å². The number of aryl methyl sites for hydroxylation is 1. The quantitative estimate of drug-likeness (QED) is 0.844. The first-order chi connectivity index (χ1) is 8.71. The van der Waals surface area contributed by atoms with E-state index in [0.717, 1.165) is 10.2 Å². The van der Waals surface area contributed by atoms with E-state index in [9.17, 15) is 4.79 Å².